The number of Topliss-reactive ketones (excluding diaryl/α,β-unsaturated/α-hetero) is 1. The highest BCUT2D eigenvalue weighted by Crippen LogP contribution is 2.51. The quantitative estimate of drug-likeness (QED) is 0.681. The predicted molar refractivity (Wildman–Crippen MR) is 90.2 cm³/mol. The maximum absolute atomic E-state index is 12.2. The molecule has 0 bridgehead atoms. The first-order valence-electron chi connectivity index (χ1n) is 6.81. The summed E-state index contributed by atoms with van der Waals surface area (Å²) in [6, 6.07) is 15.5. The van der Waals surface area contributed by atoms with E-state index in [4.69, 9.17) is 23.2 Å². The third kappa shape index (κ3) is 3.28. The molecule has 0 spiro atoms. The van der Waals surface area contributed by atoms with Crippen LogP contribution in [0.3, 0.4) is 0 Å². The highest BCUT2D eigenvalue weighted by atomic mass is 35.5. The fraction of sp³-hybridized carbons (Fsp3) is 0.235. The molecular weight excluding hydrogens is 323 g/mol. The highest BCUT2D eigenvalue weighted by molar-refractivity contribution is 7.99. The van der Waals surface area contributed by atoms with Gasteiger partial charge >= 0.3 is 0 Å². The Morgan fingerprint density at radius 3 is 1.67 bits per heavy atom. The number of hydrogen-bond donors (Lipinski definition) is 0. The molecule has 0 N–H and O–H groups in total. The molecule has 3 rings (SSSR count). The molecule has 1 fully saturated rings. The second-order valence-electron chi connectivity index (χ2n) is 5.10. The van der Waals surface area contributed by atoms with Gasteiger partial charge < -0.3 is 0 Å². The number of carbonyl (C=O) groups is 1. The molecule has 1 aliphatic rings. The van der Waals surface area contributed by atoms with Gasteiger partial charge in [-0.1, -0.05) is 59.6 Å². The molecule has 1 aliphatic heterocycles. The lowest BCUT2D eigenvalue weighted by atomic mass is 10.0. The van der Waals surface area contributed by atoms with Crippen molar-refractivity contribution in [3.8, 4) is 0 Å². The summed E-state index contributed by atoms with van der Waals surface area (Å²) in [6.45, 7) is 0. The Morgan fingerprint density at radius 2 is 1.24 bits per heavy atom. The number of hydrogen-bond acceptors (Lipinski definition) is 2. The second-order valence-corrected chi connectivity index (χ2v) is 7.33. The first kappa shape index (κ1) is 15.0. The van der Waals surface area contributed by atoms with Gasteiger partial charge in [0.15, 0.2) is 0 Å². The van der Waals surface area contributed by atoms with Crippen LogP contribution in [0.25, 0.3) is 0 Å². The van der Waals surface area contributed by atoms with E-state index in [0.29, 0.717) is 12.8 Å². The van der Waals surface area contributed by atoms with E-state index in [2.05, 4.69) is 0 Å². The van der Waals surface area contributed by atoms with E-state index in [1.165, 1.54) is 0 Å². The summed E-state index contributed by atoms with van der Waals surface area (Å²) >= 11 is 14.3. The summed E-state index contributed by atoms with van der Waals surface area (Å²) < 4.78 is 0. The molecule has 0 aliphatic carbocycles. The maximum atomic E-state index is 12.2. The minimum atomic E-state index is 0.0984. The van der Waals surface area contributed by atoms with Crippen LogP contribution in [0.15, 0.2) is 48.5 Å². The van der Waals surface area contributed by atoms with Crippen molar-refractivity contribution in [2.24, 2.45) is 0 Å². The third-order valence-electron chi connectivity index (χ3n) is 3.66. The van der Waals surface area contributed by atoms with Gasteiger partial charge in [-0.2, -0.15) is 0 Å². The Morgan fingerprint density at radius 1 is 0.810 bits per heavy atom. The van der Waals surface area contributed by atoms with Gasteiger partial charge in [-0.25, -0.2) is 0 Å². The minimum Gasteiger partial charge on any atom is -0.300 e. The van der Waals surface area contributed by atoms with Gasteiger partial charge in [-0.15, -0.1) is 11.8 Å². The summed E-state index contributed by atoms with van der Waals surface area (Å²) in [6.07, 6.45) is 1.07. The smallest absolute Gasteiger partial charge is 0.135 e. The van der Waals surface area contributed by atoms with Gasteiger partial charge in [-0.3, -0.25) is 4.79 Å². The third-order valence-corrected chi connectivity index (χ3v) is 5.85. The Bertz CT molecular complexity index is 616. The zero-order valence-electron chi connectivity index (χ0n) is 11.3. The second kappa shape index (κ2) is 6.43. The zero-order valence-corrected chi connectivity index (χ0v) is 13.6. The Balaban J connectivity index is 1.91. The molecule has 1 heterocycles. The Labute approximate surface area is 138 Å². The van der Waals surface area contributed by atoms with Crippen molar-refractivity contribution in [1.82, 2.24) is 0 Å². The van der Waals surface area contributed by atoms with Gasteiger partial charge in [0, 0.05) is 33.4 Å². The summed E-state index contributed by atoms with van der Waals surface area (Å²) in [5.74, 6) is 0.267. The molecule has 0 amide bonds. The lowest BCUT2D eigenvalue weighted by Gasteiger charge is -2.29. The summed E-state index contributed by atoms with van der Waals surface area (Å²) in [7, 11) is 0. The first-order chi connectivity index (χ1) is 10.1. The molecule has 0 saturated carbocycles. The topological polar surface area (TPSA) is 17.1 Å². The molecule has 2 aromatic carbocycles. The Hall–Kier alpha value is -0.960. The number of carbonyl (C=O) groups excluding carboxylic acids is 1. The van der Waals surface area contributed by atoms with Crippen LogP contribution in [0.1, 0.15) is 34.5 Å². The van der Waals surface area contributed by atoms with Crippen LogP contribution in [0.2, 0.25) is 10.0 Å². The van der Waals surface area contributed by atoms with Gasteiger partial charge in [-0.05, 0) is 23.3 Å². The monoisotopic (exact) mass is 336 g/mol. The molecule has 2 atom stereocenters. The van der Waals surface area contributed by atoms with Crippen LogP contribution in [0.4, 0.5) is 0 Å². The average molecular weight is 337 g/mol. The normalized spacial score (nSPS) is 22.3. The largest absolute Gasteiger partial charge is 0.300 e. The molecule has 0 radical (unpaired) electrons. The number of halogens is 2. The van der Waals surface area contributed by atoms with Crippen molar-refractivity contribution in [3.05, 3.63) is 69.7 Å². The fourth-order valence-corrected chi connectivity index (χ4v) is 4.96. The molecule has 1 saturated heterocycles. The van der Waals surface area contributed by atoms with Crippen molar-refractivity contribution in [3.63, 3.8) is 0 Å². The van der Waals surface area contributed by atoms with E-state index >= 15 is 0 Å². The van der Waals surface area contributed by atoms with Crippen LogP contribution in [0.5, 0.6) is 0 Å². The number of ketones is 1. The van der Waals surface area contributed by atoms with Gasteiger partial charge in [0.2, 0.25) is 0 Å². The van der Waals surface area contributed by atoms with Gasteiger partial charge in [0.1, 0.15) is 5.78 Å². The van der Waals surface area contributed by atoms with E-state index < -0.39 is 0 Å². The fourth-order valence-electron chi connectivity index (χ4n) is 2.63. The van der Waals surface area contributed by atoms with Crippen molar-refractivity contribution < 1.29 is 4.79 Å². The Kier molecular flexibility index (Phi) is 4.58. The molecule has 2 aromatic rings. The molecule has 1 nitrogen and oxygen atoms in total. The minimum absolute atomic E-state index is 0.0984. The lowest BCUT2D eigenvalue weighted by molar-refractivity contribution is -0.119. The van der Waals surface area contributed by atoms with Crippen LogP contribution in [-0.2, 0) is 4.79 Å². The lowest BCUT2D eigenvalue weighted by Crippen LogP contribution is -2.16. The van der Waals surface area contributed by atoms with E-state index in [1.807, 2.05) is 48.5 Å². The van der Waals surface area contributed by atoms with Crippen LogP contribution < -0.4 is 0 Å². The maximum Gasteiger partial charge on any atom is 0.135 e. The summed E-state index contributed by atoms with van der Waals surface area (Å²) in [4.78, 5) is 12.2. The van der Waals surface area contributed by atoms with Crippen molar-refractivity contribution in [2.45, 2.75) is 23.3 Å². The zero-order chi connectivity index (χ0) is 14.8. The van der Waals surface area contributed by atoms with Gasteiger partial charge in [0.25, 0.3) is 0 Å². The highest BCUT2D eigenvalue weighted by Gasteiger charge is 2.31. The molecule has 108 valence electrons. The molecule has 0 unspecified atom stereocenters. The van der Waals surface area contributed by atoms with Crippen LogP contribution >= 0.6 is 35.0 Å². The first-order valence-corrected chi connectivity index (χ1v) is 8.51. The van der Waals surface area contributed by atoms with Gasteiger partial charge in [0.05, 0.1) is 0 Å². The molecule has 0 aromatic heterocycles. The molecular formula is C17H14Cl2OS. The summed E-state index contributed by atoms with van der Waals surface area (Å²) in [5, 5.41) is 1.65. The number of benzene rings is 2. The predicted octanol–water partition coefficient (Wildman–Crippen LogP) is 5.87. The number of rotatable bonds is 2. The molecule has 4 heteroatoms. The standard InChI is InChI=1S/C17H14Cl2OS/c18-14-7-3-1-5-12(14)16-9-11(20)10-17(21-16)13-6-2-4-8-15(13)19/h1-8,16-17H,9-10H2/t16-,17+. The summed E-state index contributed by atoms with van der Waals surface area (Å²) in [5.41, 5.74) is 2.07. The SMILES string of the molecule is O=C1C[C@@H](c2ccccc2Cl)S[C@@H](c2ccccc2Cl)C1. The van der Waals surface area contributed by atoms with Crippen molar-refractivity contribution in [1.29, 1.82) is 0 Å². The van der Waals surface area contributed by atoms with E-state index in [1.54, 1.807) is 11.8 Å². The van der Waals surface area contributed by atoms with Crippen LogP contribution in [-0.4, -0.2) is 5.78 Å². The van der Waals surface area contributed by atoms with Crippen molar-refractivity contribution >= 4 is 40.7 Å². The number of thioether (sulfide) groups is 1. The van der Waals surface area contributed by atoms with E-state index in [0.717, 1.165) is 21.2 Å². The molecule has 21 heavy (non-hydrogen) atoms. The van der Waals surface area contributed by atoms with Crippen LogP contribution in [0, 0.1) is 0 Å². The van der Waals surface area contributed by atoms with Crippen molar-refractivity contribution in [2.75, 3.05) is 0 Å². The van der Waals surface area contributed by atoms with E-state index in [9.17, 15) is 4.79 Å². The average Bonchev–Trinajstić information content (AvgIpc) is 2.47. The van der Waals surface area contributed by atoms with E-state index in [-0.39, 0.29) is 16.3 Å².